The van der Waals surface area contributed by atoms with Crippen LogP contribution in [-0.2, 0) is 4.79 Å². The molecule has 3 nitrogen and oxygen atoms in total. The van der Waals surface area contributed by atoms with Crippen LogP contribution in [0.3, 0.4) is 0 Å². The maximum absolute atomic E-state index is 12.5. The number of nitrogens with zero attached hydrogens (tertiary/aromatic N) is 1. The Morgan fingerprint density at radius 1 is 1.14 bits per heavy atom. The van der Waals surface area contributed by atoms with E-state index in [1.807, 2.05) is 32.0 Å². The fourth-order valence-electron chi connectivity index (χ4n) is 3.35. The zero-order valence-corrected chi connectivity index (χ0v) is 13.7. The van der Waals surface area contributed by atoms with Crippen molar-refractivity contribution in [2.75, 3.05) is 13.1 Å². The van der Waals surface area contributed by atoms with Crippen molar-refractivity contribution in [2.45, 2.75) is 46.2 Å². The summed E-state index contributed by atoms with van der Waals surface area (Å²) in [7, 11) is 0. The van der Waals surface area contributed by atoms with Crippen LogP contribution in [0.2, 0.25) is 0 Å². The number of benzene rings is 1. The first kappa shape index (κ1) is 16.0. The molecule has 116 valence electrons. The molecule has 0 bridgehead atoms. The fraction of sp³-hybridized carbons (Fsp3) is 0.611. The molecule has 1 saturated heterocycles. The van der Waals surface area contributed by atoms with Gasteiger partial charge in [0.1, 0.15) is 0 Å². The maximum atomic E-state index is 12.5. The summed E-state index contributed by atoms with van der Waals surface area (Å²) in [6.45, 7) is 10.7. The van der Waals surface area contributed by atoms with Crippen LogP contribution in [0.1, 0.15) is 45.7 Å². The second-order valence-corrected chi connectivity index (χ2v) is 6.72. The van der Waals surface area contributed by atoms with Crippen LogP contribution in [0.4, 0.5) is 0 Å². The van der Waals surface area contributed by atoms with E-state index in [1.165, 1.54) is 6.42 Å². The highest BCUT2D eigenvalue weighted by Crippen LogP contribution is 2.23. The van der Waals surface area contributed by atoms with Crippen LogP contribution in [0.25, 0.3) is 0 Å². The zero-order valence-electron chi connectivity index (χ0n) is 13.7. The van der Waals surface area contributed by atoms with E-state index in [1.54, 1.807) is 0 Å². The van der Waals surface area contributed by atoms with Gasteiger partial charge in [-0.05, 0) is 37.7 Å². The molecule has 1 aromatic rings. The van der Waals surface area contributed by atoms with E-state index < -0.39 is 0 Å². The van der Waals surface area contributed by atoms with Crippen molar-refractivity contribution < 1.29 is 4.79 Å². The van der Waals surface area contributed by atoms with Crippen molar-refractivity contribution in [3.05, 3.63) is 35.9 Å². The average molecular weight is 288 g/mol. The van der Waals surface area contributed by atoms with Gasteiger partial charge in [-0.15, -0.1) is 0 Å². The lowest BCUT2D eigenvalue weighted by molar-refractivity contribution is -0.127. The first-order valence-corrected chi connectivity index (χ1v) is 8.06. The minimum absolute atomic E-state index is 0.0543. The number of amides is 1. The molecule has 0 saturated carbocycles. The third-order valence-corrected chi connectivity index (χ3v) is 4.48. The van der Waals surface area contributed by atoms with Crippen LogP contribution < -0.4 is 5.32 Å². The monoisotopic (exact) mass is 288 g/mol. The number of hydrogen-bond donors (Lipinski definition) is 1. The first-order valence-electron chi connectivity index (χ1n) is 8.06. The lowest BCUT2D eigenvalue weighted by atomic mass is 9.91. The Balaban J connectivity index is 1.93. The molecule has 1 N–H and O–H groups in total. The number of piperidine rings is 1. The van der Waals surface area contributed by atoms with E-state index in [0.717, 1.165) is 18.7 Å². The Morgan fingerprint density at radius 2 is 1.71 bits per heavy atom. The third kappa shape index (κ3) is 4.31. The molecule has 4 unspecified atom stereocenters. The van der Waals surface area contributed by atoms with Crippen LogP contribution >= 0.6 is 0 Å². The van der Waals surface area contributed by atoms with Gasteiger partial charge < -0.3 is 5.32 Å². The summed E-state index contributed by atoms with van der Waals surface area (Å²) in [6, 6.07) is 10.1. The second-order valence-electron chi connectivity index (χ2n) is 6.72. The highest BCUT2D eigenvalue weighted by atomic mass is 16.2. The second kappa shape index (κ2) is 7.08. The highest BCUT2D eigenvalue weighted by Gasteiger charge is 2.29. The molecule has 1 amide bonds. The number of likely N-dealkylation sites (tertiary alicyclic amines) is 1. The number of carbonyl (C=O) groups excluding carboxylic acids is 1. The topological polar surface area (TPSA) is 32.3 Å². The normalized spacial score (nSPS) is 26.1. The number of carbonyl (C=O) groups is 1. The fourth-order valence-corrected chi connectivity index (χ4v) is 3.35. The summed E-state index contributed by atoms with van der Waals surface area (Å²) < 4.78 is 0. The van der Waals surface area contributed by atoms with E-state index >= 15 is 0 Å². The lowest BCUT2D eigenvalue weighted by Gasteiger charge is -2.38. The summed E-state index contributed by atoms with van der Waals surface area (Å²) in [5.41, 5.74) is 1.15. The van der Waals surface area contributed by atoms with E-state index in [4.69, 9.17) is 0 Å². The summed E-state index contributed by atoms with van der Waals surface area (Å²) in [5.74, 6) is 1.48. The van der Waals surface area contributed by atoms with Gasteiger partial charge in [0, 0.05) is 13.1 Å². The van der Waals surface area contributed by atoms with Crippen molar-refractivity contribution >= 4 is 5.91 Å². The van der Waals surface area contributed by atoms with Gasteiger partial charge in [0.15, 0.2) is 0 Å². The van der Waals surface area contributed by atoms with Crippen molar-refractivity contribution in [3.8, 4) is 0 Å². The average Bonchev–Trinajstić information content (AvgIpc) is 2.46. The predicted molar refractivity (Wildman–Crippen MR) is 87.0 cm³/mol. The highest BCUT2D eigenvalue weighted by molar-refractivity contribution is 5.81. The molecular weight excluding hydrogens is 260 g/mol. The van der Waals surface area contributed by atoms with Gasteiger partial charge in [-0.3, -0.25) is 9.69 Å². The Morgan fingerprint density at radius 3 is 2.29 bits per heavy atom. The minimum atomic E-state index is -0.0543. The Labute approximate surface area is 128 Å². The Bertz CT molecular complexity index is 450. The van der Waals surface area contributed by atoms with Gasteiger partial charge >= 0.3 is 0 Å². The largest absolute Gasteiger partial charge is 0.348 e. The molecule has 0 radical (unpaired) electrons. The van der Waals surface area contributed by atoms with Crippen LogP contribution in [0.5, 0.6) is 0 Å². The van der Waals surface area contributed by atoms with Gasteiger partial charge in [-0.25, -0.2) is 0 Å². The van der Waals surface area contributed by atoms with E-state index in [-0.39, 0.29) is 18.0 Å². The van der Waals surface area contributed by atoms with Crippen molar-refractivity contribution in [3.63, 3.8) is 0 Å². The molecule has 1 fully saturated rings. The van der Waals surface area contributed by atoms with Gasteiger partial charge in [0.2, 0.25) is 5.91 Å². The van der Waals surface area contributed by atoms with Crippen LogP contribution in [0.15, 0.2) is 30.3 Å². The molecular formula is C18H28N2O. The van der Waals surface area contributed by atoms with E-state index in [2.05, 4.69) is 36.2 Å². The smallest absolute Gasteiger partial charge is 0.237 e. The Hall–Kier alpha value is -1.35. The molecule has 1 aliphatic heterocycles. The SMILES string of the molecule is CC1CC(C)CN(C(C)C(=O)NC(C)c2ccccc2)C1. The standard InChI is InChI=1S/C18H28N2O/c1-13-10-14(2)12-20(11-13)16(4)18(21)19-15(3)17-8-6-5-7-9-17/h5-9,13-16H,10-12H2,1-4H3,(H,19,21). The molecule has 4 atom stereocenters. The molecule has 0 aromatic heterocycles. The lowest BCUT2D eigenvalue weighted by Crippen LogP contribution is -2.50. The van der Waals surface area contributed by atoms with E-state index in [9.17, 15) is 4.79 Å². The number of nitrogens with one attached hydrogen (secondary N) is 1. The molecule has 1 heterocycles. The molecule has 1 aromatic carbocycles. The number of rotatable bonds is 4. The predicted octanol–water partition coefficient (Wildman–Crippen LogP) is 3.23. The van der Waals surface area contributed by atoms with Crippen LogP contribution in [-0.4, -0.2) is 29.9 Å². The molecule has 2 rings (SSSR count). The van der Waals surface area contributed by atoms with Gasteiger partial charge in [-0.2, -0.15) is 0 Å². The summed E-state index contributed by atoms with van der Waals surface area (Å²) in [5, 5.41) is 3.14. The van der Waals surface area contributed by atoms with Gasteiger partial charge in [0.25, 0.3) is 0 Å². The number of hydrogen-bond acceptors (Lipinski definition) is 2. The molecule has 1 aliphatic rings. The minimum Gasteiger partial charge on any atom is -0.348 e. The molecule has 3 heteroatoms. The summed E-state index contributed by atoms with van der Waals surface area (Å²) in [4.78, 5) is 14.8. The summed E-state index contributed by atoms with van der Waals surface area (Å²) >= 11 is 0. The van der Waals surface area contributed by atoms with Crippen LogP contribution in [0, 0.1) is 11.8 Å². The Kier molecular flexibility index (Phi) is 5.40. The van der Waals surface area contributed by atoms with Gasteiger partial charge in [0.05, 0.1) is 12.1 Å². The van der Waals surface area contributed by atoms with E-state index in [0.29, 0.717) is 11.8 Å². The summed E-state index contributed by atoms with van der Waals surface area (Å²) in [6.07, 6.45) is 1.27. The van der Waals surface area contributed by atoms with Crippen molar-refractivity contribution in [1.29, 1.82) is 0 Å². The zero-order chi connectivity index (χ0) is 15.4. The quantitative estimate of drug-likeness (QED) is 0.922. The maximum Gasteiger partial charge on any atom is 0.237 e. The van der Waals surface area contributed by atoms with Gasteiger partial charge in [-0.1, -0.05) is 44.2 Å². The molecule has 0 spiro atoms. The first-order chi connectivity index (χ1) is 9.97. The molecule has 0 aliphatic carbocycles. The third-order valence-electron chi connectivity index (χ3n) is 4.48. The molecule has 21 heavy (non-hydrogen) atoms. The van der Waals surface area contributed by atoms with Crippen molar-refractivity contribution in [2.24, 2.45) is 11.8 Å². The van der Waals surface area contributed by atoms with Crippen molar-refractivity contribution in [1.82, 2.24) is 10.2 Å².